The van der Waals surface area contributed by atoms with Crippen LogP contribution in [-0.2, 0) is 23.7 Å². The fraction of sp³-hybridized carbons (Fsp3) is 0.947. The van der Waals surface area contributed by atoms with Crippen LogP contribution in [0.15, 0.2) is 0 Å². The van der Waals surface area contributed by atoms with Gasteiger partial charge < -0.3 is 24.1 Å². The summed E-state index contributed by atoms with van der Waals surface area (Å²) in [5.74, 6) is -0.789. The average molecular weight is 363 g/mol. The smallest absolute Gasteiger partial charge is 0.303 e. The van der Waals surface area contributed by atoms with E-state index in [2.05, 4.69) is 6.92 Å². The lowest BCUT2D eigenvalue weighted by molar-refractivity contribution is -0.137. The maximum atomic E-state index is 10.3. The van der Waals surface area contributed by atoms with Gasteiger partial charge in [-0.3, -0.25) is 4.79 Å². The minimum atomic E-state index is -0.789. The molecule has 1 N–H and O–H groups in total. The predicted molar refractivity (Wildman–Crippen MR) is 98.1 cm³/mol. The zero-order valence-corrected chi connectivity index (χ0v) is 16.0. The van der Waals surface area contributed by atoms with Gasteiger partial charge in [-0.25, -0.2) is 0 Å². The van der Waals surface area contributed by atoms with Gasteiger partial charge in [0.1, 0.15) is 0 Å². The van der Waals surface area contributed by atoms with Gasteiger partial charge >= 0.3 is 5.97 Å². The molecular weight excluding hydrogens is 324 g/mol. The molecule has 0 aliphatic carbocycles. The summed E-state index contributed by atoms with van der Waals surface area (Å²) in [4.78, 5) is 10.3. The van der Waals surface area contributed by atoms with E-state index in [9.17, 15) is 4.79 Å². The maximum absolute atomic E-state index is 10.3. The molecule has 150 valence electrons. The summed E-state index contributed by atoms with van der Waals surface area (Å²) >= 11 is 0. The van der Waals surface area contributed by atoms with Crippen molar-refractivity contribution in [1.29, 1.82) is 0 Å². The van der Waals surface area contributed by atoms with Crippen molar-refractivity contribution in [2.45, 2.75) is 64.7 Å². The molecule has 0 saturated heterocycles. The molecule has 0 spiro atoms. The van der Waals surface area contributed by atoms with Crippen molar-refractivity contribution in [3.8, 4) is 0 Å². The van der Waals surface area contributed by atoms with Gasteiger partial charge in [0.25, 0.3) is 0 Å². The third-order valence-corrected chi connectivity index (χ3v) is 3.69. The minimum Gasteiger partial charge on any atom is -0.481 e. The third-order valence-electron chi connectivity index (χ3n) is 3.69. The standard InChI is InChI=1S/C19H38O6/c1-2-3-4-5-6-7-8-11-22-13-15-24-17-18-25-16-14-23-12-9-10-19(20)21/h2-18H2,1H3,(H,20,21). The van der Waals surface area contributed by atoms with Gasteiger partial charge in [-0.05, 0) is 12.8 Å². The van der Waals surface area contributed by atoms with Crippen LogP contribution in [0.5, 0.6) is 0 Å². The predicted octanol–water partition coefficient (Wildman–Crippen LogP) is 3.67. The number of rotatable bonds is 21. The Morgan fingerprint density at radius 3 is 1.48 bits per heavy atom. The summed E-state index contributed by atoms with van der Waals surface area (Å²) in [6.45, 7) is 6.86. The topological polar surface area (TPSA) is 74.2 Å². The van der Waals surface area contributed by atoms with Crippen LogP contribution < -0.4 is 0 Å². The summed E-state index contributed by atoms with van der Waals surface area (Å²) in [5.41, 5.74) is 0. The summed E-state index contributed by atoms with van der Waals surface area (Å²) in [7, 11) is 0. The number of hydrogen-bond donors (Lipinski definition) is 1. The second kappa shape index (κ2) is 21.4. The highest BCUT2D eigenvalue weighted by Gasteiger charge is 1.97. The molecule has 0 aliphatic rings. The summed E-state index contributed by atoms with van der Waals surface area (Å²) in [5, 5.41) is 8.46. The largest absolute Gasteiger partial charge is 0.481 e. The van der Waals surface area contributed by atoms with Crippen molar-refractivity contribution in [2.24, 2.45) is 0 Å². The van der Waals surface area contributed by atoms with Crippen molar-refractivity contribution in [3.05, 3.63) is 0 Å². The first-order chi connectivity index (χ1) is 12.3. The van der Waals surface area contributed by atoms with Crippen molar-refractivity contribution in [1.82, 2.24) is 0 Å². The van der Waals surface area contributed by atoms with Crippen molar-refractivity contribution in [2.75, 3.05) is 52.9 Å². The lowest BCUT2D eigenvalue weighted by Crippen LogP contribution is -2.12. The molecule has 0 rings (SSSR count). The average Bonchev–Trinajstić information content (AvgIpc) is 2.60. The van der Waals surface area contributed by atoms with Crippen LogP contribution >= 0.6 is 0 Å². The Morgan fingerprint density at radius 2 is 1.00 bits per heavy atom. The molecule has 0 aromatic heterocycles. The zero-order valence-electron chi connectivity index (χ0n) is 16.0. The minimum absolute atomic E-state index is 0.149. The van der Waals surface area contributed by atoms with Crippen molar-refractivity contribution < 1.29 is 28.8 Å². The lowest BCUT2D eigenvalue weighted by Gasteiger charge is -2.07. The maximum Gasteiger partial charge on any atom is 0.303 e. The van der Waals surface area contributed by atoms with Crippen LogP contribution in [0.25, 0.3) is 0 Å². The lowest BCUT2D eigenvalue weighted by atomic mass is 10.1. The van der Waals surface area contributed by atoms with E-state index in [1.807, 2.05) is 0 Å². The monoisotopic (exact) mass is 362 g/mol. The molecule has 0 heterocycles. The Labute approximate surface area is 153 Å². The Kier molecular flexibility index (Phi) is 20.8. The summed E-state index contributed by atoms with van der Waals surface area (Å²) in [6.07, 6.45) is 9.79. The first-order valence-electron chi connectivity index (χ1n) is 9.80. The third kappa shape index (κ3) is 23.3. The van der Waals surface area contributed by atoms with Crippen LogP contribution in [0.4, 0.5) is 0 Å². The van der Waals surface area contributed by atoms with Gasteiger partial charge in [0.15, 0.2) is 0 Å². The van der Waals surface area contributed by atoms with E-state index >= 15 is 0 Å². The highest BCUT2D eigenvalue weighted by molar-refractivity contribution is 5.66. The molecule has 25 heavy (non-hydrogen) atoms. The Morgan fingerprint density at radius 1 is 0.600 bits per heavy atom. The van der Waals surface area contributed by atoms with E-state index in [-0.39, 0.29) is 6.42 Å². The van der Waals surface area contributed by atoms with E-state index < -0.39 is 5.97 Å². The van der Waals surface area contributed by atoms with Gasteiger partial charge in [-0.2, -0.15) is 0 Å². The van der Waals surface area contributed by atoms with Gasteiger partial charge in [0.2, 0.25) is 0 Å². The molecule has 0 aromatic carbocycles. The SMILES string of the molecule is CCCCCCCCCOCCOCCOCCOCCCC(=O)O. The Hall–Kier alpha value is -0.690. The number of carboxylic acids is 1. The van der Waals surface area contributed by atoms with E-state index in [0.717, 1.165) is 13.0 Å². The first-order valence-corrected chi connectivity index (χ1v) is 9.80. The molecule has 6 nitrogen and oxygen atoms in total. The van der Waals surface area contributed by atoms with Gasteiger partial charge in [-0.15, -0.1) is 0 Å². The molecule has 0 atom stereocenters. The second-order valence-electron chi connectivity index (χ2n) is 6.07. The number of carboxylic acid groups (broad SMARTS) is 1. The summed E-state index contributed by atoms with van der Waals surface area (Å²) in [6, 6.07) is 0. The zero-order chi connectivity index (χ0) is 18.4. The first kappa shape index (κ1) is 24.3. The Bertz CT molecular complexity index is 273. The number of unbranched alkanes of at least 4 members (excludes halogenated alkanes) is 6. The molecule has 6 heteroatoms. The fourth-order valence-electron chi connectivity index (χ4n) is 2.25. The Balaban J connectivity index is 2.97. The van der Waals surface area contributed by atoms with Gasteiger partial charge in [0.05, 0.1) is 39.6 Å². The normalized spacial score (nSPS) is 11.1. The molecule has 0 amide bonds. The molecule has 0 aromatic rings. The van der Waals surface area contributed by atoms with Crippen LogP contribution in [0.2, 0.25) is 0 Å². The van der Waals surface area contributed by atoms with E-state index in [1.54, 1.807) is 0 Å². The van der Waals surface area contributed by atoms with E-state index in [1.165, 1.54) is 38.5 Å². The van der Waals surface area contributed by atoms with Crippen LogP contribution in [0, 0.1) is 0 Å². The fourth-order valence-corrected chi connectivity index (χ4v) is 2.25. The number of hydrogen-bond acceptors (Lipinski definition) is 5. The van der Waals surface area contributed by atoms with Gasteiger partial charge in [-0.1, -0.05) is 45.4 Å². The molecule has 0 unspecified atom stereocenters. The highest BCUT2D eigenvalue weighted by Crippen LogP contribution is 2.06. The summed E-state index contributed by atoms with van der Waals surface area (Å²) < 4.78 is 21.6. The van der Waals surface area contributed by atoms with E-state index in [4.69, 9.17) is 24.1 Å². The number of ether oxygens (including phenoxy) is 4. The van der Waals surface area contributed by atoms with Crippen LogP contribution in [-0.4, -0.2) is 63.9 Å². The molecule has 0 aliphatic heterocycles. The molecule has 0 bridgehead atoms. The molecule has 0 saturated carbocycles. The number of aliphatic carboxylic acids is 1. The second-order valence-corrected chi connectivity index (χ2v) is 6.07. The number of carbonyl (C=O) groups is 1. The highest BCUT2D eigenvalue weighted by atomic mass is 16.6. The van der Waals surface area contributed by atoms with E-state index in [0.29, 0.717) is 52.7 Å². The van der Waals surface area contributed by atoms with Crippen molar-refractivity contribution in [3.63, 3.8) is 0 Å². The van der Waals surface area contributed by atoms with Crippen LogP contribution in [0.3, 0.4) is 0 Å². The molecule has 0 radical (unpaired) electrons. The molecular formula is C19H38O6. The quantitative estimate of drug-likeness (QED) is 0.314. The van der Waals surface area contributed by atoms with Crippen LogP contribution in [0.1, 0.15) is 64.7 Å². The molecule has 0 fully saturated rings. The van der Waals surface area contributed by atoms with Gasteiger partial charge in [0, 0.05) is 19.6 Å². The van der Waals surface area contributed by atoms with Crippen molar-refractivity contribution >= 4 is 5.97 Å².